The summed E-state index contributed by atoms with van der Waals surface area (Å²) in [7, 11) is 0. The molecule has 0 amide bonds. The van der Waals surface area contributed by atoms with Crippen LogP contribution in [0.2, 0.25) is 0 Å². The second kappa shape index (κ2) is 8.85. The van der Waals surface area contributed by atoms with Gasteiger partial charge in [-0.2, -0.15) is 13.2 Å². The molecule has 2 unspecified atom stereocenters. The summed E-state index contributed by atoms with van der Waals surface area (Å²) in [5.41, 5.74) is 0. The molecule has 1 N–H and O–H groups in total. The van der Waals surface area contributed by atoms with E-state index in [1.54, 1.807) is 0 Å². The minimum atomic E-state index is -4.22. The van der Waals surface area contributed by atoms with Crippen LogP contribution in [0.4, 0.5) is 13.2 Å². The molecule has 0 bridgehead atoms. The van der Waals surface area contributed by atoms with Gasteiger partial charge in [-0.3, -0.25) is 0 Å². The molecule has 20 heavy (non-hydrogen) atoms. The number of nitrogens with zero attached hydrogens (tertiary/aromatic N) is 1. The van der Waals surface area contributed by atoms with Crippen LogP contribution in [-0.4, -0.2) is 56.5 Å². The Bertz CT molecular complexity index is 261. The van der Waals surface area contributed by atoms with Gasteiger partial charge in [0.15, 0.2) is 0 Å². The van der Waals surface area contributed by atoms with Gasteiger partial charge in [0.2, 0.25) is 0 Å². The summed E-state index contributed by atoms with van der Waals surface area (Å²) in [6.45, 7) is 6.88. The summed E-state index contributed by atoms with van der Waals surface area (Å²) >= 11 is 0. The van der Waals surface area contributed by atoms with Crippen LogP contribution in [0.3, 0.4) is 0 Å². The van der Waals surface area contributed by atoms with Crippen molar-refractivity contribution in [3.05, 3.63) is 0 Å². The molecular weight excluding hydrogens is 269 g/mol. The van der Waals surface area contributed by atoms with Crippen LogP contribution in [-0.2, 0) is 4.74 Å². The van der Waals surface area contributed by atoms with Gasteiger partial charge in [0.25, 0.3) is 0 Å². The highest BCUT2D eigenvalue weighted by Gasteiger charge is 2.28. The van der Waals surface area contributed by atoms with E-state index in [-0.39, 0.29) is 6.61 Å². The van der Waals surface area contributed by atoms with Gasteiger partial charge in [-0.15, -0.1) is 0 Å². The van der Waals surface area contributed by atoms with E-state index in [0.717, 1.165) is 32.5 Å². The lowest BCUT2D eigenvalue weighted by molar-refractivity contribution is -0.174. The van der Waals surface area contributed by atoms with E-state index in [0.29, 0.717) is 18.5 Å². The van der Waals surface area contributed by atoms with Gasteiger partial charge < -0.3 is 15.0 Å². The molecule has 3 nitrogen and oxygen atoms in total. The normalized spacial score (nSPS) is 22.9. The predicted molar refractivity (Wildman–Crippen MR) is 73.8 cm³/mol. The highest BCUT2D eigenvalue weighted by Crippen LogP contribution is 2.20. The first-order chi connectivity index (χ1) is 9.42. The van der Waals surface area contributed by atoms with Crippen LogP contribution >= 0.6 is 0 Å². The van der Waals surface area contributed by atoms with Crippen LogP contribution in [0.1, 0.15) is 33.1 Å². The smallest absolute Gasteiger partial charge is 0.371 e. The molecule has 1 saturated heterocycles. The van der Waals surface area contributed by atoms with E-state index >= 15 is 0 Å². The third kappa shape index (κ3) is 7.45. The Labute approximate surface area is 119 Å². The Hall–Kier alpha value is -0.330. The van der Waals surface area contributed by atoms with Crippen molar-refractivity contribution < 1.29 is 17.9 Å². The highest BCUT2D eigenvalue weighted by atomic mass is 19.4. The van der Waals surface area contributed by atoms with Crippen LogP contribution in [0.5, 0.6) is 0 Å². The summed E-state index contributed by atoms with van der Waals surface area (Å²) < 4.78 is 40.6. The van der Waals surface area contributed by atoms with Crippen LogP contribution in [0, 0.1) is 5.92 Å². The zero-order valence-electron chi connectivity index (χ0n) is 12.5. The van der Waals surface area contributed by atoms with E-state index < -0.39 is 12.8 Å². The van der Waals surface area contributed by atoms with E-state index in [2.05, 4.69) is 28.8 Å². The molecule has 0 aromatic heterocycles. The fraction of sp³-hybridized carbons (Fsp3) is 1.00. The third-order valence-corrected chi connectivity index (χ3v) is 3.78. The van der Waals surface area contributed by atoms with Gasteiger partial charge in [0.05, 0.1) is 6.61 Å². The fourth-order valence-electron chi connectivity index (χ4n) is 2.62. The van der Waals surface area contributed by atoms with Crippen LogP contribution in [0.25, 0.3) is 0 Å². The van der Waals surface area contributed by atoms with Crippen molar-refractivity contribution in [2.24, 2.45) is 5.92 Å². The third-order valence-electron chi connectivity index (χ3n) is 3.78. The Morgan fingerprint density at radius 1 is 1.40 bits per heavy atom. The molecule has 0 aliphatic carbocycles. The molecule has 1 rings (SSSR count). The SMILES string of the molecule is CCCNC(C)C1CCCN(CCOCC(F)(F)F)C1. The zero-order valence-corrected chi connectivity index (χ0v) is 12.5. The Morgan fingerprint density at radius 2 is 2.15 bits per heavy atom. The lowest BCUT2D eigenvalue weighted by Crippen LogP contribution is -2.45. The van der Waals surface area contributed by atoms with Crippen LogP contribution < -0.4 is 5.32 Å². The van der Waals surface area contributed by atoms with Gasteiger partial charge in [-0.25, -0.2) is 0 Å². The first-order valence-electron chi connectivity index (χ1n) is 7.52. The Balaban J connectivity index is 2.20. The van der Waals surface area contributed by atoms with Gasteiger partial charge in [-0.1, -0.05) is 6.92 Å². The van der Waals surface area contributed by atoms with E-state index in [4.69, 9.17) is 0 Å². The number of hydrogen-bond acceptors (Lipinski definition) is 3. The number of rotatable bonds is 8. The maximum atomic E-state index is 12.0. The molecule has 6 heteroatoms. The Kier molecular flexibility index (Phi) is 7.84. The van der Waals surface area contributed by atoms with E-state index in [1.165, 1.54) is 6.42 Å². The first-order valence-corrected chi connectivity index (χ1v) is 7.52. The standard InChI is InChI=1S/C14H27F3N2O/c1-3-6-18-12(2)13-5-4-7-19(10-13)8-9-20-11-14(15,16)17/h12-13,18H,3-11H2,1-2H3. The second-order valence-corrected chi connectivity index (χ2v) is 5.61. The van der Waals surface area contributed by atoms with Crippen molar-refractivity contribution in [2.45, 2.75) is 45.3 Å². The summed E-state index contributed by atoms with van der Waals surface area (Å²) in [5.74, 6) is 0.581. The summed E-state index contributed by atoms with van der Waals surface area (Å²) in [6, 6.07) is 0.467. The first kappa shape index (κ1) is 17.7. The molecule has 1 aliphatic rings. The van der Waals surface area contributed by atoms with Crippen molar-refractivity contribution in [1.29, 1.82) is 0 Å². The molecule has 0 spiro atoms. The predicted octanol–water partition coefficient (Wildman–Crippen LogP) is 2.67. The number of piperidine rings is 1. The van der Waals surface area contributed by atoms with E-state index in [1.807, 2.05) is 0 Å². The lowest BCUT2D eigenvalue weighted by atomic mass is 9.91. The number of halogens is 3. The molecule has 0 aromatic rings. The molecule has 0 saturated carbocycles. The minimum absolute atomic E-state index is 0.156. The highest BCUT2D eigenvalue weighted by molar-refractivity contribution is 4.80. The number of nitrogens with one attached hydrogen (secondary N) is 1. The summed E-state index contributed by atoms with van der Waals surface area (Å²) in [4.78, 5) is 2.22. The molecule has 0 aromatic carbocycles. The second-order valence-electron chi connectivity index (χ2n) is 5.61. The van der Waals surface area contributed by atoms with Crippen molar-refractivity contribution in [2.75, 3.05) is 39.4 Å². The molecule has 1 fully saturated rings. The minimum Gasteiger partial charge on any atom is -0.371 e. The molecule has 1 aliphatic heterocycles. The average Bonchev–Trinajstić information content (AvgIpc) is 2.40. The van der Waals surface area contributed by atoms with Gasteiger partial charge >= 0.3 is 6.18 Å². The van der Waals surface area contributed by atoms with E-state index in [9.17, 15) is 13.2 Å². The maximum absolute atomic E-state index is 12.0. The van der Waals surface area contributed by atoms with Crippen molar-refractivity contribution in [3.63, 3.8) is 0 Å². The average molecular weight is 296 g/mol. The molecule has 1 heterocycles. The quantitative estimate of drug-likeness (QED) is 0.697. The monoisotopic (exact) mass is 296 g/mol. The molecular formula is C14H27F3N2O. The number of likely N-dealkylation sites (tertiary alicyclic amines) is 1. The molecule has 2 atom stereocenters. The molecule has 0 radical (unpaired) electrons. The fourth-order valence-corrected chi connectivity index (χ4v) is 2.62. The topological polar surface area (TPSA) is 24.5 Å². The van der Waals surface area contributed by atoms with Gasteiger partial charge in [0, 0.05) is 19.1 Å². The summed E-state index contributed by atoms with van der Waals surface area (Å²) in [6.07, 6.45) is -0.797. The van der Waals surface area contributed by atoms with Gasteiger partial charge in [0.1, 0.15) is 6.61 Å². The summed E-state index contributed by atoms with van der Waals surface area (Å²) in [5, 5.41) is 3.50. The number of alkyl halides is 3. The maximum Gasteiger partial charge on any atom is 0.411 e. The van der Waals surface area contributed by atoms with Crippen molar-refractivity contribution in [3.8, 4) is 0 Å². The number of hydrogen-bond donors (Lipinski definition) is 1. The van der Waals surface area contributed by atoms with Crippen molar-refractivity contribution >= 4 is 0 Å². The zero-order chi connectivity index (χ0) is 15.0. The van der Waals surface area contributed by atoms with Crippen LogP contribution in [0.15, 0.2) is 0 Å². The van der Waals surface area contributed by atoms with Gasteiger partial charge in [-0.05, 0) is 45.2 Å². The Morgan fingerprint density at radius 3 is 2.80 bits per heavy atom. The largest absolute Gasteiger partial charge is 0.411 e. The molecule has 120 valence electrons. The lowest BCUT2D eigenvalue weighted by Gasteiger charge is -2.36. The number of ether oxygens (including phenoxy) is 1. The van der Waals surface area contributed by atoms with Crippen molar-refractivity contribution in [1.82, 2.24) is 10.2 Å².